The molecule has 0 bridgehead atoms. The van der Waals surface area contributed by atoms with Crippen LogP contribution in [0.5, 0.6) is 0 Å². The Morgan fingerprint density at radius 3 is 2.80 bits per heavy atom. The summed E-state index contributed by atoms with van der Waals surface area (Å²) in [6.07, 6.45) is 2.54. The Kier molecular flexibility index (Phi) is 3.47. The number of rotatable bonds is 5. The fraction of sp³-hybridized carbons (Fsp3) is 0.357. The summed E-state index contributed by atoms with van der Waals surface area (Å²) in [6.45, 7) is 0.458. The highest BCUT2D eigenvalue weighted by atomic mass is 16.5. The number of hydrogen-bond acceptors (Lipinski definition) is 5. The van der Waals surface area contributed by atoms with Gasteiger partial charge in [0.1, 0.15) is 0 Å². The lowest BCUT2D eigenvalue weighted by Gasteiger charge is -2.03. The minimum absolute atomic E-state index is 0.0946. The molecule has 3 rings (SSSR count). The molecule has 1 saturated carbocycles. The summed E-state index contributed by atoms with van der Waals surface area (Å²) in [5.74, 6) is 0.249. The molecule has 1 aliphatic rings. The minimum atomic E-state index is -0.269. The maximum absolute atomic E-state index is 11.8. The summed E-state index contributed by atoms with van der Waals surface area (Å²) in [5.41, 5.74) is 7.76. The molecule has 0 aliphatic heterocycles. The number of nitrogens with two attached hydrogens (primary N) is 1. The molecule has 1 aromatic heterocycles. The second kappa shape index (κ2) is 5.42. The van der Waals surface area contributed by atoms with Crippen LogP contribution in [0.4, 0.5) is 0 Å². The molecule has 1 amide bonds. The monoisotopic (exact) mass is 272 g/mol. The number of carbonyl (C=O) groups excluding carboxylic acids is 1. The van der Waals surface area contributed by atoms with Gasteiger partial charge in [-0.3, -0.25) is 4.79 Å². The van der Waals surface area contributed by atoms with Crippen molar-refractivity contribution in [1.29, 1.82) is 0 Å². The van der Waals surface area contributed by atoms with Crippen LogP contribution in [0.15, 0.2) is 28.8 Å². The maximum atomic E-state index is 11.8. The predicted octanol–water partition coefficient (Wildman–Crippen LogP) is 1.01. The highest BCUT2D eigenvalue weighted by Crippen LogP contribution is 2.19. The van der Waals surface area contributed by atoms with Crippen molar-refractivity contribution in [3.8, 4) is 0 Å². The van der Waals surface area contributed by atoms with E-state index in [0.29, 0.717) is 18.9 Å². The first-order chi connectivity index (χ1) is 9.76. The van der Waals surface area contributed by atoms with Crippen LogP contribution in [-0.2, 0) is 13.0 Å². The van der Waals surface area contributed by atoms with Crippen LogP contribution in [0.1, 0.15) is 40.5 Å². The van der Waals surface area contributed by atoms with Crippen LogP contribution in [0, 0.1) is 0 Å². The zero-order valence-corrected chi connectivity index (χ0v) is 11.0. The van der Waals surface area contributed by atoms with Crippen molar-refractivity contribution in [3.05, 3.63) is 47.1 Å². The third-order valence-electron chi connectivity index (χ3n) is 3.26. The molecule has 3 N–H and O–H groups in total. The van der Waals surface area contributed by atoms with Gasteiger partial charge in [-0.25, -0.2) is 0 Å². The van der Waals surface area contributed by atoms with E-state index < -0.39 is 0 Å². The zero-order chi connectivity index (χ0) is 13.9. The Hall–Kier alpha value is -2.21. The summed E-state index contributed by atoms with van der Waals surface area (Å²) in [4.78, 5) is 15.9. The summed E-state index contributed by atoms with van der Waals surface area (Å²) < 4.78 is 5.13. The predicted molar refractivity (Wildman–Crippen MR) is 71.9 cm³/mol. The fourth-order valence-electron chi connectivity index (χ4n) is 1.99. The standard InChI is InChI=1S/C14H16N4O2/c15-8-10-4-2-1-3-9(10)7-12-17-13(18-20-12)14(19)16-11-5-6-11/h1-4,11H,5-8,15H2,(H,16,19). The Labute approximate surface area is 116 Å². The van der Waals surface area contributed by atoms with Gasteiger partial charge in [0.15, 0.2) is 0 Å². The average Bonchev–Trinajstić information content (AvgIpc) is 3.15. The number of nitrogens with one attached hydrogen (secondary N) is 1. The molecule has 1 heterocycles. The molecular weight excluding hydrogens is 256 g/mol. The van der Waals surface area contributed by atoms with E-state index in [1.54, 1.807) is 0 Å². The highest BCUT2D eigenvalue weighted by Gasteiger charge is 2.26. The molecule has 6 heteroatoms. The quantitative estimate of drug-likeness (QED) is 0.847. The number of carbonyl (C=O) groups is 1. The van der Waals surface area contributed by atoms with Crippen LogP contribution in [0.2, 0.25) is 0 Å². The van der Waals surface area contributed by atoms with E-state index in [1.807, 2.05) is 24.3 Å². The highest BCUT2D eigenvalue weighted by molar-refractivity contribution is 5.90. The number of amides is 1. The van der Waals surface area contributed by atoms with E-state index in [0.717, 1.165) is 24.0 Å². The summed E-state index contributed by atoms with van der Waals surface area (Å²) in [5, 5.41) is 6.55. The molecule has 0 atom stereocenters. The molecule has 1 aliphatic carbocycles. The van der Waals surface area contributed by atoms with Crippen LogP contribution in [0.25, 0.3) is 0 Å². The third-order valence-corrected chi connectivity index (χ3v) is 3.26. The van der Waals surface area contributed by atoms with Gasteiger partial charge in [0.25, 0.3) is 11.7 Å². The van der Waals surface area contributed by atoms with Crippen molar-refractivity contribution in [2.24, 2.45) is 5.73 Å². The van der Waals surface area contributed by atoms with E-state index in [9.17, 15) is 4.79 Å². The van der Waals surface area contributed by atoms with Crippen molar-refractivity contribution in [3.63, 3.8) is 0 Å². The van der Waals surface area contributed by atoms with E-state index in [2.05, 4.69) is 15.5 Å². The Morgan fingerprint density at radius 1 is 1.35 bits per heavy atom. The van der Waals surface area contributed by atoms with Gasteiger partial charge in [-0.1, -0.05) is 29.4 Å². The Balaban J connectivity index is 1.71. The Morgan fingerprint density at radius 2 is 2.10 bits per heavy atom. The first-order valence-electron chi connectivity index (χ1n) is 6.66. The number of nitrogens with zero attached hydrogens (tertiary/aromatic N) is 2. The van der Waals surface area contributed by atoms with Crippen molar-refractivity contribution in [2.75, 3.05) is 0 Å². The molecule has 1 aromatic carbocycles. The lowest BCUT2D eigenvalue weighted by atomic mass is 10.0. The van der Waals surface area contributed by atoms with Crippen LogP contribution >= 0.6 is 0 Å². The second-order valence-electron chi connectivity index (χ2n) is 4.91. The van der Waals surface area contributed by atoms with Crippen LogP contribution < -0.4 is 11.1 Å². The molecule has 104 valence electrons. The molecule has 1 fully saturated rings. The molecule has 0 saturated heterocycles. The van der Waals surface area contributed by atoms with Crippen LogP contribution in [0.3, 0.4) is 0 Å². The molecule has 20 heavy (non-hydrogen) atoms. The van der Waals surface area contributed by atoms with Gasteiger partial charge in [-0.15, -0.1) is 0 Å². The van der Waals surface area contributed by atoms with E-state index >= 15 is 0 Å². The second-order valence-corrected chi connectivity index (χ2v) is 4.91. The van der Waals surface area contributed by atoms with Gasteiger partial charge in [0, 0.05) is 12.6 Å². The van der Waals surface area contributed by atoms with E-state index in [4.69, 9.17) is 10.3 Å². The van der Waals surface area contributed by atoms with E-state index in [-0.39, 0.29) is 17.8 Å². The number of aromatic nitrogens is 2. The van der Waals surface area contributed by atoms with Gasteiger partial charge in [-0.2, -0.15) is 4.98 Å². The Bertz CT molecular complexity index is 619. The molecule has 0 radical (unpaired) electrons. The molecule has 6 nitrogen and oxygen atoms in total. The summed E-state index contributed by atoms with van der Waals surface area (Å²) in [7, 11) is 0. The van der Waals surface area contributed by atoms with Gasteiger partial charge in [0.05, 0.1) is 6.42 Å². The molecular formula is C14H16N4O2. The fourth-order valence-corrected chi connectivity index (χ4v) is 1.99. The van der Waals surface area contributed by atoms with Gasteiger partial charge in [-0.05, 0) is 24.0 Å². The van der Waals surface area contributed by atoms with Crippen molar-refractivity contribution >= 4 is 5.91 Å². The van der Waals surface area contributed by atoms with Crippen molar-refractivity contribution < 1.29 is 9.32 Å². The first kappa shape index (κ1) is 12.8. The van der Waals surface area contributed by atoms with Crippen molar-refractivity contribution in [2.45, 2.75) is 31.8 Å². The van der Waals surface area contributed by atoms with Crippen LogP contribution in [-0.4, -0.2) is 22.1 Å². The van der Waals surface area contributed by atoms with Gasteiger partial charge >= 0.3 is 0 Å². The zero-order valence-electron chi connectivity index (χ0n) is 11.0. The normalized spacial score (nSPS) is 14.2. The van der Waals surface area contributed by atoms with Crippen molar-refractivity contribution in [1.82, 2.24) is 15.5 Å². The number of benzene rings is 1. The molecule has 2 aromatic rings. The van der Waals surface area contributed by atoms with Gasteiger partial charge < -0.3 is 15.6 Å². The SMILES string of the molecule is NCc1ccccc1Cc1nc(C(=O)NC2CC2)no1. The maximum Gasteiger partial charge on any atom is 0.292 e. The lowest BCUT2D eigenvalue weighted by molar-refractivity contribution is 0.0937. The minimum Gasteiger partial charge on any atom is -0.346 e. The lowest BCUT2D eigenvalue weighted by Crippen LogP contribution is -2.26. The molecule has 0 spiro atoms. The average molecular weight is 272 g/mol. The van der Waals surface area contributed by atoms with E-state index in [1.165, 1.54) is 0 Å². The summed E-state index contributed by atoms with van der Waals surface area (Å²) in [6, 6.07) is 8.09. The third kappa shape index (κ3) is 2.85. The number of hydrogen-bond donors (Lipinski definition) is 2. The van der Waals surface area contributed by atoms with Gasteiger partial charge in [0.2, 0.25) is 5.89 Å². The largest absolute Gasteiger partial charge is 0.346 e. The molecule has 0 unspecified atom stereocenters. The smallest absolute Gasteiger partial charge is 0.292 e. The first-order valence-corrected chi connectivity index (χ1v) is 6.66. The topological polar surface area (TPSA) is 94.0 Å². The summed E-state index contributed by atoms with van der Waals surface area (Å²) >= 11 is 0.